The van der Waals surface area contributed by atoms with Crippen molar-refractivity contribution in [3.63, 3.8) is 0 Å². The van der Waals surface area contributed by atoms with E-state index in [9.17, 15) is 0 Å². The summed E-state index contributed by atoms with van der Waals surface area (Å²) < 4.78 is 6.04. The van der Waals surface area contributed by atoms with Crippen LogP contribution >= 0.6 is 0 Å². The fourth-order valence-corrected chi connectivity index (χ4v) is 2.70. The molecule has 106 valence electrons. The molecule has 1 unspecified atom stereocenters. The van der Waals surface area contributed by atoms with Gasteiger partial charge in [0.2, 0.25) is 0 Å². The smallest absolute Gasteiger partial charge is 0.122 e. The first-order chi connectivity index (χ1) is 9.22. The molecule has 1 heterocycles. The first-order valence-corrected chi connectivity index (χ1v) is 7.38. The van der Waals surface area contributed by atoms with Gasteiger partial charge < -0.3 is 10.5 Å². The maximum atomic E-state index is 6.04. The van der Waals surface area contributed by atoms with Crippen molar-refractivity contribution < 1.29 is 4.74 Å². The van der Waals surface area contributed by atoms with Gasteiger partial charge in [0.05, 0.1) is 6.04 Å². The van der Waals surface area contributed by atoms with E-state index in [-0.39, 0.29) is 0 Å². The summed E-state index contributed by atoms with van der Waals surface area (Å²) in [6.07, 6.45) is 2.58. The molecule has 0 saturated carbocycles. The van der Waals surface area contributed by atoms with E-state index in [1.54, 1.807) is 0 Å². The van der Waals surface area contributed by atoms with Gasteiger partial charge in [0, 0.05) is 6.54 Å². The largest absolute Gasteiger partial charge is 0.492 e. The number of rotatable bonds is 6. The lowest BCUT2D eigenvalue weighted by Gasteiger charge is -2.26. The average molecular weight is 262 g/mol. The summed E-state index contributed by atoms with van der Waals surface area (Å²) in [4.78, 5) is 2.46. The van der Waals surface area contributed by atoms with Crippen LogP contribution in [-0.2, 0) is 0 Å². The third kappa shape index (κ3) is 3.71. The number of nitrogens with two attached hydrogens (primary N) is 1. The van der Waals surface area contributed by atoms with Gasteiger partial charge in [0.1, 0.15) is 12.4 Å². The highest BCUT2D eigenvalue weighted by Crippen LogP contribution is 2.26. The lowest BCUT2D eigenvalue weighted by molar-refractivity contribution is 0.163. The Kier molecular flexibility index (Phi) is 5.23. The Labute approximate surface area is 116 Å². The highest BCUT2D eigenvalue weighted by Gasteiger charge is 2.21. The molecular weight excluding hydrogens is 236 g/mol. The van der Waals surface area contributed by atoms with Crippen molar-refractivity contribution in [2.75, 3.05) is 26.2 Å². The van der Waals surface area contributed by atoms with E-state index in [1.165, 1.54) is 18.4 Å². The van der Waals surface area contributed by atoms with Crippen molar-refractivity contribution in [1.82, 2.24) is 4.90 Å². The highest BCUT2D eigenvalue weighted by molar-refractivity contribution is 5.35. The van der Waals surface area contributed by atoms with Gasteiger partial charge >= 0.3 is 0 Å². The van der Waals surface area contributed by atoms with Gasteiger partial charge in [-0.2, -0.15) is 0 Å². The van der Waals surface area contributed by atoms with Crippen molar-refractivity contribution in [2.45, 2.75) is 38.6 Å². The summed E-state index contributed by atoms with van der Waals surface area (Å²) in [5.41, 5.74) is 7.17. The first kappa shape index (κ1) is 14.4. The van der Waals surface area contributed by atoms with Crippen LogP contribution in [-0.4, -0.2) is 37.2 Å². The van der Waals surface area contributed by atoms with E-state index in [0.717, 1.165) is 18.8 Å². The minimum atomic E-state index is 0.350. The number of likely N-dealkylation sites (tertiary alicyclic amines) is 1. The van der Waals surface area contributed by atoms with Gasteiger partial charge in [-0.1, -0.05) is 32.0 Å². The Balaban J connectivity index is 1.97. The van der Waals surface area contributed by atoms with Crippen LogP contribution in [0.4, 0.5) is 0 Å². The zero-order valence-electron chi connectivity index (χ0n) is 12.1. The van der Waals surface area contributed by atoms with Gasteiger partial charge in [-0.3, -0.25) is 4.90 Å². The van der Waals surface area contributed by atoms with Crippen LogP contribution < -0.4 is 10.5 Å². The molecule has 3 nitrogen and oxygen atoms in total. The zero-order valence-corrected chi connectivity index (χ0v) is 12.1. The zero-order chi connectivity index (χ0) is 13.7. The maximum Gasteiger partial charge on any atom is 0.122 e. The van der Waals surface area contributed by atoms with Crippen LogP contribution in [0.25, 0.3) is 0 Å². The Morgan fingerprint density at radius 1 is 1.21 bits per heavy atom. The van der Waals surface area contributed by atoms with Gasteiger partial charge in [-0.25, -0.2) is 0 Å². The summed E-state index contributed by atoms with van der Waals surface area (Å²) in [5.74, 6) is 1.49. The number of hydrogen-bond donors (Lipinski definition) is 1. The first-order valence-electron chi connectivity index (χ1n) is 7.38. The van der Waals surface area contributed by atoms with Crippen LogP contribution in [0.5, 0.6) is 5.75 Å². The highest BCUT2D eigenvalue weighted by atomic mass is 16.5. The summed E-state index contributed by atoms with van der Waals surface area (Å²) in [7, 11) is 0. The van der Waals surface area contributed by atoms with Gasteiger partial charge in [0.15, 0.2) is 0 Å². The quantitative estimate of drug-likeness (QED) is 0.856. The van der Waals surface area contributed by atoms with Crippen molar-refractivity contribution >= 4 is 0 Å². The fourth-order valence-electron chi connectivity index (χ4n) is 2.70. The molecule has 0 bridgehead atoms. The average Bonchev–Trinajstić information content (AvgIpc) is 2.94. The molecule has 2 rings (SSSR count). The third-order valence-electron chi connectivity index (χ3n) is 3.90. The predicted octanol–water partition coefficient (Wildman–Crippen LogP) is 2.61. The standard InChI is InChI=1S/C16H26N2O/c1-13(2)15-7-3-4-8-16(15)19-12-14(11-17)18-9-5-6-10-18/h3-4,7-8,13-14H,5-6,9-12,17H2,1-2H3. The summed E-state index contributed by atoms with van der Waals surface area (Å²) in [6.45, 7) is 8.09. The number of ether oxygens (including phenoxy) is 1. The Hall–Kier alpha value is -1.06. The topological polar surface area (TPSA) is 38.5 Å². The van der Waals surface area contributed by atoms with Crippen molar-refractivity contribution in [2.24, 2.45) is 5.73 Å². The molecule has 1 fully saturated rings. The SMILES string of the molecule is CC(C)c1ccccc1OCC(CN)N1CCCC1. The van der Waals surface area contributed by atoms with Gasteiger partial charge in [0.25, 0.3) is 0 Å². The second kappa shape index (κ2) is 6.92. The monoisotopic (exact) mass is 262 g/mol. The molecule has 0 radical (unpaired) electrons. The minimum absolute atomic E-state index is 0.350. The third-order valence-corrected chi connectivity index (χ3v) is 3.90. The van der Waals surface area contributed by atoms with E-state index in [4.69, 9.17) is 10.5 Å². The van der Waals surface area contributed by atoms with Crippen molar-refractivity contribution in [3.8, 4) is 5.75 Å². The number of nitrogens with zero attached hydrogens (tertiary/aromatic N) is 1. The number of hydrogen-bond acceptors (Lipinski definition) is 3. The predicted molar refractivity (Wildman–Crippen MR) is 79.7 cm³/mol. The van der Waals surface area contributed by atoms with Crippen molar-refractivity contribution in [3.05, 3.63) is 29.8 Å². The van der Waals surface area contributed by atoms with E-state index >= 15 is 0 Å². The second-order valence-corrected chi connectivity index (χ2v) is 5.64. The van der Waals surface area contributed by atoms with E-state index in [0.29, 0.717) is 25.1 Å². The summed E-state index contributed by atoms with van der Waals surface area (Å²) in [5, 5.41) is 0. The molecule has 1 aliphatic rings. The molecular formula is C16H26N2O. The molecule has 2 N–H and O–H groups in total. The summed E-state index contributed by atoms with van der Waals surface area (Å²) >= 11 is 0. The second-order valence-electron chi connectivity index (χ2n) is 5.64. The van der Waals surface area contributed by atoms with Crippen LogP contribution in [0.1, 0.15) is 38.2 Å². The van der Waals surface area contributed by atoms with Crippen LogP contribution in [0.2, 0.25) is 0 Å². The molecule has 0 amide bonds. The molecule has 1 saturated heterocycles. The Bertz CT molecular complexity index is 386. The fraction of sp³-hybridized carbons (Fsp3) is 0.625. The van der Waals surface area contributed by atoms with Crippen LogP contribution in [0.15, 0.2) is 24.3 Å². The van der Waals surface area contributed by atoms with Gasteiger partial charge in [-0.15, -0.1) is 0 Å². The molecule has 0 aromatic heterocycles. The number of benzene rings is 1. The van der Waals surface area contributed by atoms with Gasteiger partial charge in [-0.05, 0) is 43.5 Å². The molecule has 1 aromatic carbocycles. The van der Waals surface area contributed by atoms with E-state index in [2.05, 4.69) is 36.9 Å². The lowest BCUT2D eigenvalue weighted by Crippen LogP contribution is -2.42. The minimum Gasteiger partial charge on any atom is -0.492 e. The number of para-hydroxylation sites is 1. The van der Waals surface area contributed by atoms with E-state index < -0.39 is 0 Å². The lowest BCUT2D eigenvalue weighted by atomic mass is 10.0. The molecule has 19 heavy (non-hydrogen) atoms. The van der Waals surface area contributed by atoms with Crippen molar-refractivity contribution in [1.29, 1.82) is 0 Å². The molecule has 1 aromatic rings. The van der Waals surface area contributed by atoms with E-state index in [1.807, 2.05) is 6.07 Å². The molecule has 0 aliphatic carbocycles. The molecule has 0 spiro atoms. The van der Waals surface area contributed by atoms with Crippen LogP contribution in [0.3, 0.4) is 0 Å². The summed E-state index contributed by atoms with van der Waals surface area (Å²) in [6, 6.07) is 8.67. The Morgan fingerprint density at radius 2 is 1.89 bits per heavy atom. The Morgan fingerprint density at radius 3 is 2.53 bits per heavy atom. The van der Waals surface area contributed by atoms with Crippen LogP contribution in [0, 0.1) is 0 Å². The normalized spacial score (nSPS) is 17.9. The maximum absolute atomic E-state index is 6.04. The molecule has 1 aliphatic heterocycles. The molecule has 3 heteroatoms. The molecule has 1 atom stereocenters.